The number of nitrogens with zero attached hydrogens (tertiary/aromatic N) is 1. The van der Waals surface area contributed by atoms with Crippen molar-refractivity contribution in [3.63, 3.8) is 0 Å². The zero-order valence-corrected chi connectivity index (χ0v) is 10.6. The number of hydrogen-bond donors (Lipinski definition) is 2. The predicted molar refractivity (Wildman–Crippen MR) is 65.8 cm³/mol. The van der Waals surface area contributed by atoms with Gasteiger partial charge >= 0.3 is 0 Å². The van der Waals surface area contributed by atoms with E-state index in [2.05, 4.69) is 22.5 Å². The van der Waals surface area contributed by atoms with Gasteiger partial charge in [0.25, 0.3) is 0 Å². The van der Waals surface area contributed by atoms with Crippen LogP contribution >= 0.6 is 11.3 Å². The lowest BCUT2D eigenvalue weighted by Crippen LogP contribution is -2.33. The molecule has 2 heterocycles. The first-order valence-electron chi connectivity index (χ1n) is 5.66. The molecule has 2 rings (SSSR count). The molecular weight excluding hydrogens is 222 g/mol. The molecule has 4 nitrogen and oxygen atoms in total. The van der Waals surface area contributed by atoms with Crippen molar-refractivity contribution in [2.45, 2.75) is 32.0 Å². The summed E-state index contributed by atoms with van der Waals surface area (Å²) in [5.74, 6) is 0. The van der Waals surface area contributed by atoms with E-state index in [1.807, 2.05) is 6.20 Å². The molecular formula is C11H19N3OS. The molecule has 0 amide bonds. The molecule has 90 valence electrons. The van der Waals surface area contributed by atoms with E-state index in [0.29, 0.717) is 12.1 Å². The van der Waals surface area contributed by atoms with Crippen molar-refractivity contribution in [2.75, 3.05) is 20.2 Å². The fourth-order valence-electron chi connectivity index (χ4n) is 1.95. The lowest BCUT2D eigenvalue weighted by molar-refractivity contribution is 0.117. The Morgan fingerprint density at radius 2 is 2.56 bits per heavy atom. The van der Waals surface area contributed by atoms with E-state index in [-0.39, 0.29) is 0 Å². The van der Waals surface area contributed by atoms with Crippen LogP contribution in [0.1, 0.15) is 16.3 Å². The zero-order valence-electron chi connectivity index (χ0n) is 9.82. The number of thiazole rings is 1. The van der Waals surface area contributed by atoms with Gasteiger partial charge in [0.1, 0.15) is 5.01 Å². The lowest BCUT2D eigenvalue weighted by atomic mass is 10.2. The first kappa shape index (κ1) is 12.0. The van der Waals surface area contributed by atoms with Crippen LogP contribution in [-0.4, -0.2) is 37.3 Å². The van der Waals surface area contributed by atoms with Crippen molar-refractivity contribution in [1.82, 2.24) is 15.6 Å². The summed E-state index contributed by atoms with van der Waals surface area (Å²) in [6, 6.07) is 0.533. The molecule has 5 heteroatoms. The molecule has 1 fully saturated rings. The number of nitrogens with one attached hydrogen (secondary N) is 2. The maximum absolute atomic E-state index is 5.31. The Labute approximate surface area is 100 Å². The fraction of sp³-hybridized carbons (Fsp3) is 0.727. The first-order chi connectivity index (χ1) is 7.78. The van der Waals surface area contributed by atoms with Gasteiger partial charge in [0.2, 0.25) is 0 Å². The molecule has 1 aromatic heterocycles. The Balaban J connectivity index is 1.65. The minimum atomic E-state index is 0.383. The van der Waals surface area contributed by atoms with Gasteiger partial charge in [-0.25, -0.2) is 4.98 Å². The molecule has 2 atom stereocenters. The highest BCUT2D eigenvalue weighted by atomic mass is 32.1. The molecule has 1 aliphatic rings. The highest BCUT2D eigenvalue weighted by Gasteiger charge is 2.22. The molecule has 0 radical (unpaired) electrons. The van der Waals surface area contributed by atoms with Gasteiger partial charge in [0, 0.05) is 43.9 Å². The number of rotatable bonds is 5. The molecule has 0 saturated carbocycles. The van der Waals surface area contributed by atoms with Crippen LogP contribution < -0.4 is 10.6 Å². The van der Waals surface area contributed by atoms with Crippen LogP contribution in [0.15, 0.2) is 6.20 Å². The highest BCUT2D eigenvalue weighted by molar-refractivity contribution is 7.11. The van der Waals surface area contributed by atoms with Gasteiger partial charge in [-0.1, -0.05) is 0 Å². The average molecular weight is 241 g/mol. The van der Waals surface area contributed by atoms with E-state index in [0.717, 1.165) is 26.1 Å². The van der Waals surface area contributed by atoms with Crippen LogP contribution in [0.25, 0.3) is 0 Å². The highest BCUT2D eigenvalue weighted by Crippen LogP contribution is 2.11. The second kappa shape index (κ2) is 5.72. The fourth-order valence-corrected chi connectivity index (χ4v) is 2.71. The standard InChI is InChI=1S/C11H19N3OS/c1-8-4-14-11(16-8)7-12-5-9-3-10(15-2)6-13-9/h4,9-10,12-13H,3,5-7H2,1-2H3. The molecule has 0 bridgehead atoms. The van der Waals surface area contributed by atoms with Crippen LogP contribution in [0.2, 0.25) is 0 Å². The Kier molecular flexibility index (Phi) is 4.29. The summed E-state index contributed by atoms with van der Waals surface area (Å²) in [6.45, 7) is 4.91. The third kappa shape index (κ3) is 3.25. The normalized spacial score (nSPS) is 25.1. The van der Waals surface area contributed by atoms with E-state index in [9.17, 15) is 0 Å². The SMILES string of the molecule is COC1CNC(CNCc2ncc(C)s2)C1. The maximum atomic E-state index is 5.31. The minimum absolute atomic E-state index is 0.383. The summed E-state index contributed by atoms with van der Waals surface area (Å²) in [7, 11) is 1.78. The van der Waals surface area contributed by atoms with Crippen LogP contribution in [0.3, 0.4) is 0 Å². The number of aryl methyl sites for hydroxylation is 1. The Morgan fingerprint density at radius 1 is 1.69 bits per heavy atom. The molecule has 0 aromatic carbocycles. The van der Waals surface area contributed by atoms with E-state index in [4.69, 9.17) is 4.74 Å². The molecule has 2 N–H and O–H groups in total. The van der Waals surface area contributed by atoms with Gasteiger partial charge in [-0.15, -0.1) is 11.3 Å². The van der Waals surface area contributed by atoms with Gasteiger partial charge in [-0.2, -0.15) is 0 Å². The summed E-state index contributed by atoms with van der Waals surface area (Å²) >= 11 is 1.76. The Morgan fingerprint density at radius 3 is 3.19 bits per heavy atom. The van der Waals surface area contributed by atoms with Gasteiger partial charge in [0.05, 0.1) is 6.10 Å². The van der Waals surface area contributed by atoms with Gasteiger partial charge in [-0.3, -0.25) is 0 Å². The Bertz CT molecular complexity index is 329. The molecule has 1 aromatic rings. The van der Waals surface area contributed by atoms with Crippen molar-refractivity contribution in [3.05, 3.63) is 16.1 Å². The number of methoxy groups -OCH3 is 1. The van der Waals surface area contributed by atoms with E-state index >= 15 is 0 Å². The van der Waals surface area contributed by atoms with E-state index in [1.54, 1.807) is 18.4 Å². The summed E-state index contributed by atoms with van der Waals surface area (Å²) in [4.78, 5) is 5.60. The van der Waals surface area contributed by atoms with Gasteiger partial charge in [-0.05, 0) is 13.3 Å². The second-order valence-corrected chi connectivity index (χ2v) is 5.51. The van der Waals surface area contributed by atoms with Crippen LogP contribution in [0.5, 0.6) is 0 Å². The van der Waals surface area contributed by atoms with Gasteiger partial charge in [0.15, 0.2) is 0 Å². The second-order valence-electron chi connectivity index (χ2n) is 4.19. The molecule has 0 aliphatic carbocycles. The summed E-state index contributed by atoms with van der Waals surface area (Å²) in [5, 5.41) is 8.04. The quantitative estimate of drug-likeness (QED) is 0.804. The molecule has 0 spiro atoms. The molecule has 2 unspecified atom stereocenters. The Hall–Kier alpha value is -0.490. The van der Waals surface area contributed by atoms with Crippen molar-refractivity contribution >= 4 is 11.3 Å². The number of hydrogen-bond acceptors (Lipinski definition) is 5. The van der Waals surface area contributed by atoms with E-state index < -0.39 is 0 Å². The average Bonchev–Trinajstić information content (AvgIpc) is 2.88. The maximum Gasteiger partial charge on any atom is 0.107 e. The largest absolute Gasteiger partial charge is 0.380 e. The van der Waals surface area contributed by atoms with E-state index in [1.165, 1.54) is 9.88 Å². The minimum Gasteiger partial charge on any atom is -0.380 e. The lowest BCUT2D eigenvalue weighted by Gasteiger charge is -2.10. The molecule has 1 saturated heterocycles. The molecule has 16 heavy (non-hydrogen) atoms. The van der Waals surface area contributed by atoms with Gasteiger partial charge < -0.3 is 15.4 Å². The van der Waals surface area contributed by atoms with Crippen molar-refractivity contribution in [2.24, 2.45) is 0 Å². The van der Waals surface area contributed by atoms with Crippen LogP contribution in [0.4, 0.5) is 0 Å². The summed E-state index contributed by atoms with van der Waals surface area (Å²) in [6.07, 6.45) is 3.41. The predicted octanol–water partition coefficient (Wildman–Crippen LogP) is 0.918. The van der Waals surface area contributed by atoms with Crippen molar-refractivity contribution in [3.8, 4) is 0 Å². The zero-order chi connectivity index (χ0) is 11.4. The summed E-state index contributed by atoms with van der Waals surface area (Å²) < 4.78 is 5.31. The van der Waals surface area contributed by atoms with Crippen molar-refractivity contribution < 1.29 is 4.74 Å². The first-order valence-corrected chi connectivity index (χ1v) is 6.48. The summed E-state index contributed by atoms with van der Waals surface area (Å²) in [5.41, 5.74) is 0. The molecule has 1 aliphatic heterocycles. The topological polar surface area (TPSA) is 46.2 Å². The smallest absolute Gasteiger partial charge is 0.107 e. The van der Waals surface area contributed by atoms with Crippen molar-refractivity contribution in [1.29, 1.82) is 0 Å². The number of aromatic nitrogens is 1. The monoisotopic (exact) mass is 241 g/mol. The number of ether oxygens (including phenoxy) is 1. The van der Waals surface area contributed by atoms with Crippen LogP contribution in [-0.2, 0) is 11.3 Å². The third-order valence-corrected chi connectivity index (χ3v) is 3.76. The van der Waals surface area contributed by atoms with Crippen LogP contribution in [0, 0.1) is 6.92 Å². The third-order valence-electron chi connectivity index (χ3n) is 2.85.